The molecule has 0 unspecified atom stereocenters. The monoisotopic (exact) mass is 436 g/mol. The first kappa shape index (κ1) is 22.4. The normalized spacial score (nSPS) is 17.9. The van der Waals surface area contributed by atoms with Gasteiger partial charge >= 0.3 is 0 Å². The molecule has 32 heavy (non-hydrogen) atoms. The zero-order valence-electron chi connectivity index (χ0n) is 18.6. The summed E-state index contributed by atoms with van der Waals surface area (Å²) in [4.78, 5) is 30.9. The number of piperidine rings is 1. The summed E-state index contributed by atoms with van der Waals surface area (Å²) < 4.78 is 0. The summed E-state index contributed by atoms with van der Waals surface area (Å²) in [6.07, 6.45) is 3.66. The van der Waals surface area contributed by atoms with Gasteiger partial charge in [-0.15, -0.1) is 0 Å². The number of Topliss-reactive ketones (excluding diaryl/α,β-unsaturated/α-hetero) is 1. The molecule has 2 aromatic rings. The van der Waals surface area contributed by atoms with Crippen LogP contribution in [-0.4, -0.2) is 66.3 Å². The van der Waals surface area contributed by atoms with Gasteiger partial charge in [-0.05, 0) is 37.0 Å². The predicted molar refractivity (Wildman–Crippen MR) is 126 cm³/mol. The van der Waals surface area contributed by atoms with Crippen molar-refractivity contribution < 1.29 is 9.72 Å². The van der Waals surface area contributed by atoms with Crippen LogP contribution in [0.4, 0.5) is 11.4 Å². The van der Waals surface area contributed by atoms with Gasteiger partial charge < -0.3 is 9.80 Å². The summed E-state index contributed by atoms with van der Waals surface area (Å²) in [6.45, 7) is 7.18. The average molecular weight is 437 g/mol. The molecule has 0 radical (unpaired) electrons. The molecule has 2 fully saturated rings. The minimum atomic E-state index is -0.354. The van der Waals surface area contributed by atoms with Gasteiger partial charge in [-0.3, -0.25) is 19.8 Å². The average Bonchev–Trinajstić information content (AvgIpc) is 2.84. The molecule has 0 bridgehead atoms. The molecule has 0 atom stereocenters. The maximum atomic E-state index is 12.8. The first-order chi connectivity index (χ1) is 15.6. The Morgan fingerprint density at radius 1 is 0.875 bits per heavy atom. The molecule has 170 valence electrons. The highest BCUT2D eigenvalue weighted by atomic mass is 16.6. The Morgan fingerprint density at radius 2 is 1.56 bits per heavy atom. The van der Waals surface area contributed by atoms with Gasteiger partial charge in [0.2, 0.25) is 0 Å². The van der Waals surface area contributed by atoms with Gasteiger partial charge in [0.05, 0.1) is 4.92 Å². The van der Waals surface area contributed by atoms with Crippen LogP contribution in [0.15, 0.2) is 48.5 Å². The Hall–Kier alpha value is -2.77. The van der Waals surface area contributed by atoms with Crippen molar-refractivity contribution in [1.29, 1.82) is 0 Å². The molecule has 2 saturated heterocycles. The van der Waals surface area contributed by atoms with E-state index in [0.717, 1.165) is 58.7 Å². The van der Waals surface area contributed by atoms with Crippen LogP contribution in [0.1, 0.15) is 41.6 Å². The third kappa shape index (κ3) is 5.72. The fourth-order valence-electron chi connectivity index (χ4n) is 4.66. The molecule has 0 amide bonds. The minimum Gasteiger partial charge on any atom is -0.366 e. The van der Waals surface area contributed by atoms with Crippen molar-refractivity contribution in [1.82, 2.24) is 9.80 Å². The number of nitrogens with zero attached hydrogens (tertiary/aromatic N) is 4. The van der Waals surface area contributed by atoms with E-state index in [9.17, 15) is 14.9 Å². The van der Waals surface area contributed by atoms with Crippen LogP contribution < -0.4 is 4.90 Å². The Labute approximate surface area is 189 Å². The van der Waals surface area contributed by atoms with E-state index in [0.29, 0.717) is 24.2 Å². The maximum Gasteiger partial charge on any atom is 0.293 e. The molecule has 0 N–H and O–H groups in total. The van der Waals surface area contributed by atoms with Crippen molar-refractivity contribution in [3.05, 3.63) is 69.8 Å². The molecule has 2 heterocycles. The van der Waals surface area contributed by atoms with Crippen molar-refractivity contribution >= 4 is 17.2 Å². The Morgan fingerprint density at radius 3 is 2.25 bits per heavy atom. The molecule has 4 rings (SSSR count). The second kappa shape index (κ2) is 10.7. The quantitative estimate of drug-likeness (QED) is 0.354. The number of anilines is 1. The van der Waals surface area contributed by atoms with Gasteiger partial charge in [0.1, 0.15) is 5.69 Å². The summed E-state index contributed by atoms with van der Waals surface area (Å²) in [5.41, 5.74) is 2.46. The third-order valence-corrected chi connectivity index (χ3v) is 6.56. The number of nitro benzene ring substituents is 1. The zero-order chi connectivity index (χ0) is 22.3. The number of carbonyl (C=O) groups is 1. The Balaban J connectivity index is 1.29. The van der Waals surface area contributed by atoms with E-state index in [4.69, 9.17) is 0 Å². The van der Waals surface area contributed by atoms with Crippen LogP contribution in [0.25, 0.3) is 0 Å². The fraction of sp³-hybridized carbons (Fsp3) is 0.480. The lowest BCUT2D eigenvalue weighted by Crippen LogP contribution is -2.46. The Bertz CT molecular complexity index is 920. The van der Waals surface area contributed by atoms with Gasteiger partial charge in [-0.2, -0.15) is 0 Å². The molecule has 2 aliphatic heterocycles. The van der Waals surface area contributed by atoms with Crippen LogP contribution >= 0.6 is 0 Å². The standard InChI is InChI=1S/C25H32N4O3/c30-25(11-14-26-15-17-27(18-16-26)20-21-7-3-1-4-8-21)22-9-10-23(24(19-22)29(31)32)28-12-5-2-6-13-28/h1,3-4,7-10,19H,2,5-6,11-18,20H2. The number of piperazine rings is 1. The van der Waals surface area contributed by atoms with Gasteiger partial charge in [0.25, 0.3) is 5.69 Å². The topological polar surface area (TPSA) is 69.9 Å². The highest BCUT2D eigenvalue weighted by Crippen LogP contribution is 2.31. The van der Waals surface area contributed by atoms with Crippen molar-refractivity contribution in [3.8, 4) is 0 Å². The number of benzene rings is 2. The van der Waals surface area contributed by atoms with Crippen LogP contribution in [0.3, 0.4) is 0 Å². The minimum absolute atomic E-state index is 0.0231. The number of hydrogen-bond acceptors (Lipinski definition) is 6. The van der Waals surface area contributed by atoms with E-state index >= 15 is 0 Å². The van der Waals surface area contributed by atoms with E-state index in [1.54, 1.807) is 12.1 Å². The second-order valence-electron chi connectivity index (χ2n) is 8.78. The molecule has 7 heteroatoms. The first-order valence-corrected chi connectivity index (χ1v) is 11.7. The van der Waals surface area contributed by atoms with Gasteiger partial charge in [-0.25, -0.2) is 0 Å². The molecule has 2 aromatic carbocycles. The summed E-state index contributed by atoms with van der Waals surface area (Å²) in [7, 11) is 0. The fourth-order valence-corrected chi connectivity index (χ4v) is 4.66. The molecule has 7 nitrogen and oxygen atoms in total. The van der Waals surface area contributed by atoms with Crippen molar-refractivity contribution in [3.63, 3.8) is 0 Å². The first-order valence-electron chi connectivity index (χ1n) is 11.7. The van der Waals surface area contributed by atoms with Crippen LogP contribution in [0.5, 0.6) is 0 Å². The summed E-state index contributed by atoms with van der Waals surface area (Å²) in [6, 6.07) is 15.5. The van der Waals surface area contributed by atoms with Crippen molar-refractivity contribution in [2.75, 3.05) is 50.7 Å². The SMILES string of the molecule is O=C(CCN1CCN(Cc2ccccc2)CC1)c1ccc(N2CCCCC2)c([N+](=O)[O-])c1. The van der Waals surface area contributed by atoms with E-state index in [1.807, 2.05) is 6.07 Å². The lowest BCUT2D eigenvalue weighted by Gasteiger charge is -2.34. The number of carbonyl (C=O) groups excluding carboxylic acids is 1. The van der Waals surface area contributed by atoms with Crippen molar-refractivity contribution in [2.45, 2.75) is 32.2 Å². The molecule has 2 aliphatic rings. The third-order valence-electron chi connectivity index (χ3n) is 6.56. The van der Waals surface area contributed by atoms with E-state index in [2.05, 4.69) is 39.0 Å². The van der Waals surface area contributed by atoms with Crippen LogP contribution in [0.2, 0.25) is 0 Å². The van der Waals surface area contributed by atoms with E-state index in [1.165, 1.54) is 18.1 Å². The zero-order valence-corrected chi connectivity index (χ0v) is 18.6. The Kier molecular flexibility index (Phi) is 7.50. The smallest absolute Gasteiger partial charge is 0.293 e. The van der Waals surface area contributed by atoms with Gasteiger partial charge in [0.15, 0.2) is 5.78 Å². The second-order valence-corrected chi connectivity index (χ2v) is 8.78. The van der Waals surface area contributed by atoms with Gasteiger partial charge in [0, 0.05) is 70.4 Å². The number of hydrogen-bond donors (Lipinski definition) is 0. The number of rotatable bonds is 8. The molecular formula is C25H32N4O3. The van der Waals surface area contributed by atoms with Gasteiger partial charge in [-0.1, -0.05) is 30.3 Å². The molecule has 0 spiro atoms. The molecule has 0 saturated carbocycles. The highest BCUT2D eigenvalue weighted by Gasteiger charge is 2.24. The largest absolute Gasteiger partial charge is 0.366 e. The number of ketones is 1. The summed E-state index contributed by atoms with van der Waals surface area (Å²) in [5, 5.41) is 11.7. The summed E-state index contributed by atoms with van der Waals surface area (Å²) >= 11 is 0. The summed E-state index contributed by atoms with van der Waals surface area (Å²) in [5.74, 6) is -0.0231. The van der Waals surface area contributed by atoms with Crippen LogP contribution in [0, 0.1) is 10.1 Å². The number of nitro groups is 1. The lowest BCUT2D eigenvalue weighted by molar-refractivity contribution is -0.384. The lowest BCUT2D eigenvalue weighted by atomic mass is 10.0. The van der Waals surface area contributed by atoms with E-state index in [-0.39, 0.29) is 16.4 Å². The molecule has 0 aromatic heterocycles. The van der Waals surface area contributed by atoms with Crippen molar-refractivity contribution in [2.24, 2.45) is 0 Å². The molecule has 0 aliphatic carbocycles. The molecular weight excluding hydrogens is 404 g/mol. The maximum absolute atomic E-state index is 12.8. The predicted octanol–water partition coefficient (Wildman–Crippen LogP) is 3.98. The van der Waals surface area contributed by atoms with Crippen LogP contribution in [-0.2, 0) is 6.54 Å². The van der Waals surface area contributed by atoms with E-state index < -0.39 is 0 Å². The highest BCUT2D eigenvalue weighted by molar-refractivity contribution is 5.97.